The average Bonchev–Trinajstić information content (AvgIpc) is 3.29. The van der Waals surface area contributed by atoms with Gasteiger partial charge in [-0.2, -0.15) is 13.2 Å². The van der Waals surface area contributed by atoms with Crippen molar-refractivity contribution in [3.8, 4) is 11.5 Å². The minimum absolute atomic E-state index is 0.0148. The first-order valence-corrected chi connectivity index (χ1v) is 9.46. The van der Waals surface area contributed by atoms with Gasteiger partial charge in [0.05, 0.1) is 5.56 Å². The average molecular weight is 389 g/mol. The van der Waals surface area contributed by atoms with E-state index in [4.69, 9.17) is 4.74 Å². The lowest BCUT2D eigenvalue weighted by molar-refractivity contribution is -0.137. The molecule has 0 N–H and O–H groups in total. The molecule has 2 atom stereocenters. The molecule has 0 aliphatic heterocycles. The number of fused-ring (bicyclic) bond motifs is 1. The van der Waals surface area contributed by atoms with Crippen molar-refractivity contribution in [1.82, 2.24) is 4.90 Å². The number of hydrogen-bond donors (Lipinski definition) is 0. The Morgan fingerprint density at radius 1 is 1.07 bits per heavy atom. The summed E-state index contributed by atoms with van der Waals surface area (Å²) in [6, 6.07) is 8.67. The number of carbonyl (C=O) groups is 1. The highest BCUT2D eigenvalue weighted by Crippen LogP contribution is 2.52. The maximum absolute atomic E-state index is 12.7. The molecule has 1 amide bonds. The molecule has 3 nitrogen and oxygen atoms in total. The Morgan fingerprint density at radius 3 is 2.43 bits per heavy atom. The van der Waals surface area contributed by atoms with Gasteiger partial charge in [-0.25, -0.2) is 0 Å². The Morgan fingerprint density at radius 2 is 1.79 bits per heavy atom. The summed E-state index contributed by atoms with van der Waals surface area (Å²) in [5.74, 6) is 1.36. The van der Waals surface area contributed by atoms with Crippen molar-refractivity contribution in [2.24, 2.45) is 5.92 Å². The molecule has 2 aliphatic rings. The molecule has 2 aromatic carbocycles. The van der Waals surface area contributed by atoms with Gasteiger partial charge in [0.15, 0.2) is 0 Å². The highest BCUT2D eigenvalue weighted by atomic mass is 19.4. The van der Waals surface area contributed by atoms with Gasteiger partial charge >= 0.3 is 6.18 Å². The molecule has 28 heavy (non-hydrogen) atoms. The maximum atomic E-state index is 12.7. The van der Waals surface area contributed by atoms with E-state index in [0.717, 1.165) is 43.4 Å². The van der Waals surface area contributed by atoms with Crippen LogP contribution < -0.4 is 4.74 Å². The van der Waals surface area contributed by atoms with Crippen LogP contribution in [0.4, 0.5) is 13.2 Å². The Balaban J connectivity index is 1.58. The van der Waals surface area contributed by atoms with Gasteiger partial charge in [0.1, 0.15) is 11.5 Å². The molecule has 1 saturated carbocycles. The predicted octanol–water partition coefficient (Wildman–Crippen LogP) is 5.18. The molecule has 2 aliphatic carbocycles. The van der Waals surface area contributed by atoms with Gasteiger partial charge in [-0.1, -0.05) is 0 Å². The minimum atomic E-state index is -4.36. The van der Waals surface area contributed by atoms with E-state index >= 15 is 0 Å². The predicted molar refractivity (Wildman–Crippen MR) is 99.5 cm³/mol. The number of hydrogen-bond acceptors (Lipinski definition) is 2. The second-order valence-corrected chi connectivity index (χ2v) is 7.81. The molecule has 0 bridgehead atoms. The first-order chi connectivity index (χ1) is 13.2. The second kappa shape index (κ2) is 6.83. The van der Waals surface area contributed by atoms with E-state index in [0.29, 0.717) is 11.5 Å². The summed E-state index contributed by atoms with van der Waals surface area (Å²) in [6.07, 6.45) is -0.479. The topological polar surface area (TPSA) is 29.5 Å². The van der Waals surface area contributed by atoms with Crippen LogP contribution in [-0.4, -0.2) is 24.9 Å². The summed E-state index contributed by atoms with van der Waals surface area (Å²) in [4.78, 5) is 13.9. The number of halogens is 3. The van der Waals surface area contributed by atoms with Crippen molar-refractivity contribution in [2.75, 3.05) is 14.1 Å². The number of amides is 1. The molecule has 0 heterocycles. The Kier molecular flexibility index (Phi) is 4.60. The van der Waals surface area contributed by atoms with Gasteiger partial charge in [-0.3, -0.25) is 4.79 Å². The third-order valence-electron chi connectivity index (χ3n) is 5.59. The van der Waals surface area contributed by atoms with Crippen LogP contribution in [0.15, 0.2) is 36.4 Å². The third-order valence-corrected chi connectivity index (χ3v) is 5.59. The van der Waals surface area contributed by atoms with Gasteiger partial charge in [0.25, 0.3) is 0 Å². The monoisotopic (exact) mass is 389 g/mol. The fraction of sp³-hybridized carbons (Fsp3) is 0.409. The fourth-order valence-corrected chi connectivity index (χ4v) is 4.09. The summed E-state index contributed by atoms with van der Waals surface area (Å²) in [6.45, 7) is 0. The van der Waals surface area contributed by atoms with Gasteiger partial charge in [-0.05, 0) is 84.7 Å². The molecule has 0 unspecified atom stereocenters. The van der Waals surface area contributed by atoms with Crippen molar-refractivity contribution in [3.63, 3.8) is 0 Å². The van der Waals surface area contributed by atoms with Crippen LogP contribution in [0.25, 0.3) is 0 Å². The summed E-state index contributed by atoms with van der Waals surface area (Å²) in [7, 11) is 3.54. The van der Waals surface area contributed by atoms with E-state index in [1.807, 2.05) is 12.1 Å². The van der Waals surface area contributed by atoms with Gasteiger partial charge < -0.3 is 9.64 Å². The summed E-state index contributed by atoms with van der Waals surface area (Å²) in [5, 5.41) is 0. The van der Waals surface area contributed by atoms with Crippen LogP contribution in [0.1, 0.15) is 41.0 Å². The van der Waals surface area contributed by atoms with E-state index in [9.17, 15) is 18.0 Å². The number of aryl methyl sites for hydroxylation is 1. The molecule has 0 spiro atoms. The van der Waals surface area contributed by atoms with Crippen LogP contribution in [0.2, 0.25) is 0 Å². The van der Waals surface area contributed by atoms with Crippen LogP contribution in [-0.2, 0) is 23.8 Å². The molecule has 4 rings (SSSR count). The second-order valence-electron chi connectivity index (χ2n) is 7.81. The van der Waals surface area contributed by atoms with Gasteiger partial charge in [-0.15, -0.1) is 0 Å². The highest BCUT2D eigenvalue weighted by Gasteiger charge is 2.46. The molecule has 2 aromatic rings. The van der Waals surface area contributed by atoms with Crippen molar-refractivity contribution >= 4 is 5.91 Å². The lowest BCUT2D eigenvalue weighted by Crippen LogP contribution is -2.23. The lowest BCUT2D eigenvalue weighted by atomic mass is 9.98. The van der Waals surface area contributed by atoms with E-state index in [1.165, 1.54) is 23.3 Å². The molecule has 0 saturated heterocycles. The van der Waals surface area contributed by atoms with E-state index in [2.05, 4.69) is 0 Å². The van der Waals surface area contributed by atoms with Crippen LogP contribution in [0.5, 0.6) is 11.5 Å². The van der Waals surface area contributed by atoms with E-state index in [1.54, 1.807) is 19.0 Å². The molecule has 6 heteroatoms. The highest BCUT2D eigenvalue weighted by molar-refractivity contribution is 5.82. The quantitative estimate of drug-likeness (QED) is 0.721. The first-order valence-electron chi connectivity index (χ1n) is 9.46. The number of nitrogens with zero attached hydrogens (tertiary/aromatic N) is 1. The fourth-order valence-electron chi connectivity index (χ4n) is 4.09. The van der Waals surface area contributed by atoms with Crippen molar-refractivity contribution < 1.29 is 22.7 Å². The van der Waals surface area contributed by atoms with Crippen LogP contribution in [0, 0.1) is 5.92 Å². The smallest absolute Gasteiger partial charge is 0.416 e. The SMILES string of the molecule is CN(C)C(=O)[C@@H]1C[C@H]1c1cc(Oc2ccc(C(F)(F)F)cc2)cc2c1CCC2. The summed E-state index contributed by atoms with van der Waals surface area (Å²) < 4.78 is 44.1. The maximum Gasteiger partial charge on any atom is 0.416 e. The number of ether oxygens (including phenoxy) is 1. The summed E-state index contributed by atoms with van der Waals surface area (Å²) in [5.41, 5.74) is 3.01. The zero-order valence-electron chi connectivity index (χ0n) is 15.8. The third kappa shape index (κ3) is 3.60. The number of alkyl halides is 3. The largest absolute Gasteiger partial charge is 0.457 e. The molecule has 0 aromatic heterocycles. The molecule has 0 radical (unpaired) electrons. The Bertz CT molecular complexity index is 903. The molecular formula is C22H22F3NO2. The van der Waals surface area contributed by atoms with E-state index in [-0.39, 0.29) is 17.7 Å². The zero-order chi connectivity index (χ0) is 20.1. The van der Waals surface area contributed by atoms with E-state index < -0.39 is 11.7 Å². The van der Waals surface area contributed by atoms with Crippen molar-refractivity contribution in [3.05, 3.63) is 58.7 Å². The standard InChI is InChI=1S/C22H22F3NO2/c1-26(2)21(27)20-12-19(20)18-11-16(10-13-4-3-5-17(13)18)28-15-8-6-14(7-9-15)22(23,24)25/h6-11,19-20H,3-5,12H2,1-2H3/t19-,20+/m0/s1. The minimum Gasteiger partial charge on any atom is -0.457 e. The van der Waals surface area contributed by atoms with Crippen LogP contribution >= 0.6 is 0 Å². The summed E-state index contributed by atoms with van der Waals surface area (Å²) >= 11 is 0. The Hall–Kier alpha value is -2.50. The molecule has 148 valence electrons. The Labute approximate surface area is 162 Å². The normalized spacial score (nSPS) is 20.6. The molecule has 1 fully saturated rings. The zero-order valence-corrected chi connectivity index (χ0v) is 15.8. The first kappa shape index (κ1) is 18.8. The number of benzene rings is 2. The number of rotatable bonds is 4. The van der Waals surface area contributed by atoms with Gasteiger partial charge in [0, 0.05) is 20.0 Å². The number of carbonyl (C=O) groups excluding carboxylic acids is 1. The van der Waals surface area contributed by atoms with Gasteiger partial charge in [0.2, 0.25) is 5.91 Å². The van der Waals surface area contributed by atoms with Crippen LogP contribution in [0.3, 0.4) is 0 Å². The van der Waals surface area contributed by atoms with Crippen molar-refractivity contribution in [2.45, 2.75) is 37.8 Å². The lowest BCUT2D eigenvalue weighted by Gasteiger charge is -2.15. The molecular weight excluding hydrogens is 367 g/mol. The van der Waals surface area contributed by atoms with Crippen molar-refractivity contribution in [1.29, 1.82) is 0 Å².